The van der Waals surface area contributed by atoms with Gasteiger partial charge in [-0.3, -0.25) is 9.89 Å². The smallest absolute Gasteiger partial charge is 0.191 e. The van der Waals surface area contributed by atoms with Gasteiger partial charge in [-0.15, -0.1) is 24.0 Å². The van der Waals surface area contributed by atoms with Crippen LogP contribution in [0.4, 0.5) is 0 Å². The minimum absolute atomic E-state index is 0. The highest BCUT2D eigenvalue weighted by molar-refractivity contribution is 14.0. The second kappa shape index (κ2) is 12.6. The summed E-state index contributed by atoms with van der Waals surface area (Å²) in [6.07, 6.45) is 2.78. The molecule has 2 atom stereocenters. The molecule has 2 saturated heterocycles. The largest absolute Gasteiger partial charge is 0.491 e. The Morgan fingerprint density at radius 1 is 1.31 bits per heavy atom. The molecule has 1 aromatic carbocycles. The number of benzene rings is 1. The molecule has 3 rings (SSSR count). The van der Waals surface area contributed by atoms with Crippen molar-refractivity contribution in [2.24, 2.45) is 4.99 Å². The summed E-state index contributed by atoms with van der Waals surface area (Å²) in [6, 6.07) is 6.88. The minimum Gasteiger partial charge on any atom is -0.491 e. The summed E-state index contributed by atoms with van der Waals surface area (Å²) in [7, 11) is 3.47. The van der Waals surface area contributed by atoms with Crippen molar-refractivity contribution >= 4 is 29.9 Å². The van der Waals surface area contributed by atoms with Crippen LogP contribution in [0.3, 0.4) is 0 Å². The molecule has 29 heavy (non-hydrogen) atoms. The van der Waals surface area contributed by atoms with Crippen LogP contribution < -0.4 is 15.4 Å². The predicted octanol–water partition coefficient (Wildman–Crippen LogP) is 2.17. The molecule has 0 aliphatic carbocycles. The van der Waals surface area contributed by atoms with Crippen LogP contribution in [-0.2, 0) is 16.0 Å². The molecule has 0 amide bonds. The van der Waals surface area contributed by atoms with E-state index in [9.17, 15) is 0 Å². The number of methoxy groups -OCH3 is 1. The lowest BCUT2D eigenvalue weighted by Gasteiger charge is -2.35. The van der Waals surface area contributed by atoms with Gasteiger partial charge in [0.05, 0.1) is 19.3 Å². The zero-order valence-electron chi connectivity index (χ0n) is 17.8. The molecule has 2 N–H and O–H groups in total. The molecule has 0 aromatic heterocycles. The highest BCUT2D eigenvalue weighted by atomic mass is 127. The predicted molar refractivity (Wildman–Crippen MR) is 127 cm³/mol. The quantitative estimate of drug-likeness (QED) is 0.238. The van der Waals surface area contributed by atoms with Crippen molar-refractivity contribution in [3.8, 4) is 5.75 Å². The maximum atomic E-state index is 6.02. The Morgan fingerprint density at radius 3 is 2.97 bits per heavy atom. The van der Waals surface area contributed by atoms with E-state index >= 15 is 0 Å². The number of nitrogens with zero attached hydrogens (tertiary/aromatic N) is 2. The van der Waals surface area contributed by atoms with Crippen molar-refractivity contribution in [2.75, 3.05) is 53.6 Å². The molecular formula is C21H35IN4O3. The average molecular weight is 518 g/mol. The molecule has 0 radical (unpaired) electrons. The lowest BCUT2D eigenvalue weighted by molar-refractivity contribution is -0.0453. The maximum absolute atomic E-state index is 6.02. The number of aliphatic imine (C=N–C) groups is 1. The molecule has 2 aliphatic rings. The minimum atomic E-state index is 0. The number of aryl methyl sites for hydroxylation is 1. The second-order valence-corrected chi connectivity index (χ2v) is 7.51. The molecule has 164 valence electrons. The van der Waals surface area contributed by atoms with E-state index in [0.29, 0.717) is 25.8 Å². The molecule has 7 nitrogen and oxygen atoms in total. The number of guanidine groups is 1. The molecule has 2 heterocycles. The monoisotopic (exact) mass is 518 g/mol. The molecule has 2 aliphatic heterocycles. The Morgan fingerprint density at radius 2 is 2.17 bits per heavy atom. The van der Waals surface area contributed by atoms with Crippen molar-refractivity contribution in [3.05, 3.63) is 29.3 Å². The van der Waals surface area contributed by atoms with Gasteiger partial charge in [-0.2, -0.15) is 0 Å². The van der Waals surface area contributed by atoms with Gasteiger partial charge in [-0.05, 0) is 37.9 Å². The van der Waals surface area contributed by atoms with Crippen molar-refractivity contribution in [3.63, 3.8) is 0 Å². The molecule has 8 heteroatoms. The van der Waals surface area contributed by atoms with Crippen LogP contribution >= 0.6 is 24.0 Å². The lowest BCUT2D eigenvalue weighted by Crippen LogP contribution is -2.51. The van der Waals surface area contributed by atoms with E-state index in [4.69, 9.17) is 14.2 Å². The normalized spacial score (nSPS) is 22.0. The number of fused-ring (bicyclic) bond motifs is 1. The summed E-state index contributed by atoms with van der Waals surface area (Å²) in [5.74, 6) is 1.66. The van der Waals surface area contributed by atoms with Gasteiger partial charge in [0.15, 0.2) is 5.96 Å². The maximum Gasteiger partial charge on any atom is 0.191 e. The van der Waals surface area contributed by atoms with Gasteiger partial charge in [0.25, 0.3) is 0 Å². The molecular weight excluding hydrogens is 483 g/mol. The lowest BCUT2D eigenvalue weighted by atomic mass is 10.1. The fraction of sp³-hybridized carbons (Fsp3) is 0.667. The highest BCUT2D eigenvalue weighted by Crippen LogP contribution is 2.22. The fourth-order valence-corrected chi connectivity index (χ4v) is 3.80. The van der Waals surface area contributed by atoms with Gasteiger partial charge >= 0.3 is 0 Å². The Balaban J connectivity index is 0.00000300. The molecule has 2 fully saturated rings. The summed E-state index contributed by atoms with van der Waals surface area (Å²) in [6.45, 7) is 7.64. The van der Waals surface area contributed by atoms with Crippen molar-refractivity contribution < 1.29 is 14.2 Å². The third-order valence-corrected chi connectivity index (χ3v) is 5.40. The summed E-state index contributed by atoms with van der Waals surface area (Å²) in [5.41, 5.74) is 2.27. The molecule has 0 spiro atoms. The van der Waals surface area contributed by atoms with Gasteiger partial charge in [0.1, 0.15) is 12.4 Å². The first-order chi connectivity index (χ1) is 13.7. The van der Waals surface area contributed by atoms with Gasteiger partial charge < -0.3 is 24.8 Å². The number of ether oxygens (including phenoxy) is 3. The first-order valence-corrected chi connectivity index (χ1v) is 10.2. The Bertz CT molecular complexity index is 659. The van der Waals surface area contributed by atoms with Crippen LogP contribution in [0.2, 0.25) is 0 Å². The Labute approximate surface area is 191 Å². The average Bonchev–Trinajstić information content (AvgIpc) is 3.17. The third kappa shape index (κ3) is 7.27. The number of morpholine rings is 1. The van der Waals surface area contributed by atoms with Crippen LogP contribution in [0, 0.1) is 6.92 Å². The number of nitrogens with one attached hydrogen (secondary N) is 2. The Kier molecular flexibility index (Phi) is 10.5. The number of halogens is 1. The van der Waals surface area contributed by atoms with Crippen molar-refractivity contribution in [1.29, 1.82) is 0 Å². The van der Waals surface area contributed by atoms with E-state index in [1.165, 1.54) is 24.9 Å². The van der Waals surface area contributed by atoms with Crippen LogP contribution in [0.5, 0.6) is 5.75 Å². The van der Waals surface area contributed by atoms with E-state index in [1.807, 2.05) is 0 Å². The SMILES string of the molecule is CN=C(NCc1ccc(C)cc1OCCOC)NCC1CN2CCCC2CO1.I. The van der Waals surface area contributed by atoms with Gasteiger partial charge in [0.2, 0.25) is 0 Å². The summed E-state index contributed by atoms with van der Waals surface area (Å²) in [4.78, 5) is 6.90. The Hall–Kier alpha value is -1.10. The van der Waals surface area contributed by atoms with Gasteiger partial charge in [-0.25, -0.2) is 0 Å². The van der Waals surface area contributed by atoms with Gasteiger partial charge in [0, 0.05) is 45.4 Å². The topological polar surface area (TPSA) is 67.4 Å². The summed E-state index contributed by atoms with van der Waals surface area (Å²) in [5, 5.41) is 6.78. The number of rotatable bonds is 8. The first-order valence-electron chi connectivity index (χ1n) is 10.2. The second-order valence-electron chi connectivity index (χ2n) is 7.51. The number of hydrogen-bond acceptors (Lipinski definition) is 5. The van der Waals surface area contributed by atoms with Crippen LogP contribution in [0.25, 0.3) is 0 Å². The molecule has 0 saturated carbocycles. The van der Waals surface area contributed by atoms with E-state index in [0.717, 1.165) is 37.0 Å². The third-order valence-electron chi connectivity index (χ3n) is 5.40. The van der Waals surface area contributed by atoms with Crippen molar-refractivity contribution in [1.82, 2.24) is 15.5 Å². The number of hydrogen-bond donors (Lipinski definition) is 2. The van der Waals surface area contributed by atoms with Crippen LogP contribution in [0.15, 0.2) is 23.2 Å². The molecule has 0 bridgehead atoms. The van der Waals surface area contributed by atoms with Crippen LogP contribution in [0.1, 0.15) is 24.0 Å². The molecule has 2 unspecified atom stereocenters. The standard InChI is InChI=1S/C21H34N4O3.HI/c1-16-6-7-17(20(11-16)27-10-9-26-3)12-23-21(22-2)24-13-19-14-25-8-4-5-18(25)15-28-19;/h6-7,11,18-19H,4-5,8-10,12-15H2,1-3H3,(H2,22,23,24);1H. The van der Waals surface area contributed by atoms with E-state index in [2.05, 4.69) is 45.6 Å². The highest BCUT2D eigenvalue weighted by Gasteiger charge is 2.32. The molecule has 1 aromatic rings. The van der Waals surface area contributed by atoms with Crippen molar-refractivity contribution in [2.45, 2.75) is 38.5 Å². The zero-order valence-corrected chi connectivity index (χ0v) is 20.1. The van der Waals surface area contributed by atoms with Crippen LogP contribution in [-0.4, -0.2) is 76.6 Å². The van der Waals surface area contributed by atoms with E-state index < -0.39 is 0 Å². The zero-order chi connectivity index (χ0) is 19.8. The van der Waals surface area contributed by atoms with E-state index in [-0.39, 0.29) is 30.1 Å². The summed E-state index contributed by atoms with van der Waals surface area (Å²) >= 11 is 0. The van der Waals surface area contributed by atoms with E-state index in [1.54, 1.807) is 14.2 Å². The van der Waals surface area contributed by atoms with Gasteiger partial charge in [-0.1, -0.05) is 12.1 Å². The first kappa shape index (κ1) is 24.2. The summed E-state index contributed by atoms with van der Waals surface area (Å²) < 4.78 is 17.0. The fourth-order valence-electron chi connectivity index (χ4n) is 3.80.